The summed E-state index contributed by atoms with van der Waals surface area (Å²) in [5, 5.41) is 0. The van der Waals surface area contributed by atoms with E-state index in [0.717, 1.165) is 6.07 Å². The Kier molecular flexibility index (Phi) is 3.51. The van der Waals surface area contributed by atoms with Gasteiger partial charge in [-0.25, -0.2) is 9.37 Å². The summed E-state index contributed by atoms with van der Waals surface area (Å²) in [6.45, 7) is -1.31. The molecule has 0 unspecified atom stereocenters. The van der Waals surface area contributed by atoms with Crippen molar-refractivity contribution in [1.82, 2.24) is 4.98 Å². The predicted molar refractivity (Wildman–Crippen MR) is 48.6 cm³/mol. The van der Waals surface area contributed by atoms with E-state index < -0.39 is 24.5 Å². The van der Waals surface area contributed by atoms with Gasteiger partial charge >= 0.3 is 6.18 Å². The van der Waals surface area contributed by atoms with E-state index in [1.807, 2.05) is 0 Å². The van der Waals surface area contributed by atoms with E-state index in [-0.39, 0.29) is 3.70 Å². The van der Waals surface area contributed by atoms with Gasteiger partial charge < -0.3 is 4.74 Å². The second kappa shape index (κ2) is 4.28. The molecule has 0 aromatic carbocycles. The highest BCUT2D eigenvalue weighted by atomic mass is 127. The van der Waals surface area contributed by atoms with Gasteiger partial charge in [0.25, 0.3) is 0 Å². The number of ether oxygens (including phenoxy) is 1. The van der Waals surface area contributed by atoms with Crippen LogP contribution in [0.2, 0.25) is 0 Å². The first kappa shape index (κ1) is 11.5. The van der Waals surface area contributed by atoms with Crippen LogP contribution in [0.25, 0.3) is 0 Å². The zero-order valence-corrected chi connectivity index (χ0v) is 8.76. The standard InChI is InChI=1S/C7H4F4INO/c8-3-14-4-1-2-5(12)13-6(4)7(9,10)11/h1-2H,3H2. The maximum Gasteiger partial charge on any atom is 0.437 e. The molecule has 1 heterocycles. The van der Waals surface area contributed by atoms with Gasteiger partial charge in [0.2, 0.25) is 6.86 Å². The molecule has 1 aromatic rings. The first-order valence-electron chi connectivity index (χ1n) is 3.37. The Morgan fingerprint density at radius 1 is 1.36 bits per heavy atom. The van der Waals surface area contributed by atoms with Gasteiger partial charge in [0.15, 0.2) is 11.4 Å². The van der Waals surface area contributed by atoms with E-state index in [1.165, 1.54) is 6.07 Å². The fraction of sp³-hybridized carbons (Fsp3) is 0.286. The Balaban J connectivity index is 3.16. The van der Waals surface area contributed by atoms with Crippen molar-refractivity contribution in [2.45, 2.75) is 6.18 Å². The molecule has 0 fully saturated rings. The normalized spacial score (nSPS) is 11.5. The summed E-state index contributed by atoms with van der Waals surface area (Å²) in [6.07, 6.45) is -4.63. The summed E-state index contributed by atoms with van der Waals surface area (Å²) in [4.78, 5) is 3.23. The molecule has 0 amide bonds. The zero-order chi connectivity index (χ0) is 10.8. The van der Waals surface area contributed by atoms with Crippen LogP contribution in [0.1, 0.15) is 5.69 Å². The number of pyridine rings is 1. The monoisotopic (exact) mass is 321 g/mol. The molecule has 0 atom stereocenters. The van der Waals surface area contributed by atoms with Crippen molar-refractivity contribution in [3.63, 3.8) is 0 Å². The summed E-state index contributed by atoms with van der Waals surface area (Å²) in [5.74, 6) is -0.597. The molecule has 0 radical (unpaired) electrons. The van der Waals surface area contributed by atoms with Crippen LogP contribution in [0.5, 0.6) is 5.75 Å². The molecule has 1 aromatic heterocycles. The van der Waals surface area contributed by atoms with Crippen LogP contribution in [0.15, 0.2) is 12.1 Å². The number of hydrogen-bond acceptors (Lipinski definition) is 2. The van der Waals surface area contributed by atoms with E-state index >= 15 is 0 Å². The number of rotatable bonds is 2. The Labute approximate surface area is 90.4 Å². The molecule has 0 N–H and O–H groups in total. The lowest BCUT2D eigenvalue weighted by Crippen LogP contribution is -2.11. The highest BCUT2D eigenvalue weighted by Gasteiger charge is 2.36. The Morgan fingerprint density at radius 2 is 2.00 bits per heavy atom. The van der Waals surface area contributed by atoms with Crippen molar-refractivity contribution in [2.75, 3.05) is 6.86 Å². The highest BCUT2D eigenvalue weighted by Crippen LogP contribution is 2.34. The minimum absolute atomic E-state index is 0.168. The van der Waals surface area contributed by atoms with Gasteiger partial charge in [-0.3, -0.25) is 0 Å². The number of halogens is 5. The molecule has 0 aliphatic heterocycles. The molecule has 0 saturated heterocycles. The fourth-order valence-electron chi connectivity index (χ4n) is 0.801. The lowest BCUT2D eigenvalue weighted by molar-refractivity contribution is -0.143. The van der Waals surface area contributed by atoms with E-state index in [4.69, 9.17) is 0 Å². The van der Waals surface area contributed by atoms with Crippen molar-refractivity contribution >= 4 is 22.6 Å². The van der Waals surface area contributed by atoms with Gasteiger partial charge in [0, 0.05) is 0 Å². The van der Waals surface area contributed by atoms with Crippen LogP contribution in [0, 0.1) is 3.70 Å². The molecule has 1 rings (SSSR count). The Morgan fingerprint density at radius 3 is 2.50 bits per heavy atom. The molecule has 0 saturated carbocycles. The summed E-state index contributed by atoms with van der Waals surface area (Å²) < 4.78 is 52.9. The highest BCUT2D eigenvalue weighted by molar-refractivity contribution is 14.1. The van der Waals surface area contributed by atoms with E-state index in [9.17, 15) is 17.6 Å². The molecule has 0 aliphatic rings. The summed E-state index contributed by atoms with van der Waals surface area (Å²) in [6, 6.07) is 2.35. The zero-order valence-electron chi connectivity index (χ0n) is 6.61. The number of nitrogens with zero attached hydrogens (tertiary/aromatic N) is 1. The van der Waals surface area contributed by atoms with Crippen LogP contribution < -0.4 is 4.74 Å². The maximum absolute atomic E-state index is 12.3. The Hall–Kier alpha value is -0.600. The summed E-state index contributed by atoms with van der Waals surface area (Å²) in [5.41, 5.74) is -1.21. The Bertz CT molecular complexity index is 328. The fourth-order valence-corrected chi connectivity index (χ4v) is 1.22. The molecule has 7 heteroatoms. The lowest BCUT2D eigenvalue weighted by Gasteiger charge is -2.10. The molecule has 0 bridgehead atoms. The van der Waals surface area contributed by atoms with Crippen molar-refractivity contribution in [3.05, 3.63) is 21.5 Å². The summed E-state index contributed by atoms with van der Waals surface area (Å²) >= 11 is 1.63. The largest absolute Gasteiger partial charge is 0.461 e. The van der Waals surface area contributed by atoms with Gasteiger partial charge in [-0.2, -0.15) is 13.2 Å². The average molecular weight is 321 g/mol. The molecule has 2 nitrogen and oxygen atoms in total. The van der Waals surface area contributed by atoms with Crippen LogP contribution in [-0.4, -0.2) is 11.8 Å². The van der Waals surface area contributed by atoms with Crippen molar-refractivity contribution in [3.8, 4) is 5.75 Å². The predicted octanol–water partition coefficient (Wildman–Crippen LogP) is 3.01. The molecular weight excluding hydrogens is 317 g/mol. The quantitative estimate of drug-likeness (QED) is 0.475. The minimum atomic E-state index is -4.63. The third-order valence-corrected chi connectivity index (χ3v) is 1.90. The van der Waals surface area contributed by atoms with Gasteiger partial charge in [-0.1, -0.05) is 0 Å². The van der Waals surface area contributed by atoms with Gasteiger partial charge in [-0.05, 0) is 34.7 Å². The van der Waals surface area contributed by atoms with Crippen molar-refractivity contribution in [1.29, 1.82) is 0 Å². The second-order valence-electron chi connectivity index (χ2n) is 2.23. The van der Waals surface area contributed by atoms with Crippen molar-refractivity contribution in [2.24, 2.45) is 0 Å². The number of alkyl halides is 4. The lowest BCUT2D eigenvalue weighted by atomic mass is 10.3. The summed E-state index contributed by atoms with van der Waals surface area (Å²) in [7, 11) is 0. The molecule has 78 valence electrons. The van der Waals surface area contributed by atoms with Gasteiger partial charge in [0.1, 0.15) is 3.70 Å². The van der Waals surface area contributed by atoms with Crippen LogP contribution in [0.3, 0.4) is 0 Å². The molecule has 14 heavy (non-hydrogen) atoms. The van der Waals surface area contributed by atoms with E-state index in [2.05, 4.69) is 9.72 Å². The molecular formula is C7H4F4INO. The average Bonchev–Trinajstić information content (AvgIpc) is 2.07. The number of aromatic nitrogens is 1. The number of hydrogen-bond donors (Lipinski definition) is 0. The van der Waals surface area contributed by atoms with E-state index in [0.29, 0.717) is 0 Å². The smallest absolute Gasteiger partial charge is 0.437 e. The van der Waals surface area contributed by atoms with Crippen LogP contribution >= 0.6 is 22.6 Å². The van der Waals surface area contributed by atoms with Gasteiger partial charge in [-0.15, -0.1) is 0 Å². The third kappa shape index (κ3) is 2.69. The maximum atomic E-state index is 12.3. The first-order valence-corrected chi connectivity index (χ1v) is 4.45. The molecule has 0 spiro atoms. The topological polar surface area (TPSA) is 22.1 Å². The van der Waals surface area contributed by atoms with E-state index in [1.54, 1.807) is 22.6 Å². The molecule has 0 aliphatic carbocycles. The van der Waals surface area contributed by atoms with Gasteiger partial charge in [0.05, 0.1) is 0 Å². The SMILES string of the molecule is FCOc1ccc(I)nc1C(F)(F)F. The van der Waals surface area contributed by atoms with Crippen LogP contribution in [-0.2, 0) is 6.18 Å². The van der Waals surface area contributed by atoms with Crippen molar-refractivity contribution < 1.29 is 22.3 Å². The first-order chi connectivity index (χ1) is 6.45. The third-order valence-electron chi connectivity index (χ3n) is 1.30. The van der Waals surface area contributed by atoms with Crippen LogP contribution in [0.4, 0.5) is 17.6 Å². The second-order valence-corrected chi connectivity index (χ2v) is 3.34. The minimum Gasteiger partial charge on any atom is -0.461 e.